The summed E-state index contributed by atoms with van der Waals surface area (Å²) in [4.78, 5) is 0. The van der Waals surface area contributed by atoms with Crippen molar-refractivity contribution < 1.29 is 34.7 Å². The van der Waals surface area contributed by atoms with Gasteiger partial charge in [-0.3, -0.25) is 0 Å². The molecule has 0 radical (unpaired) electrons. The summed E-state index contributed by atoms with van der Waals surface area (Å²) in [6.45, 7) is 1.78. The fraction of sp³-hybridized carbons (Fsp3) is 0.100. The second-order valence-corrected chi connectivity index (χ2v) is 3.13. The van der Waals surface area contributed by atoms with Crippen LogP contribution in [-0.2, 0) is 0 Å². The van der Waals surface area contributed by atoms with Crippen molar-refractivity contribution in [2.75, 3.05) is 5.73 Å². The summed E-state index contributed by atoms with van der Waals surface area (Å²) >= 11 is 0. The number of nitrogens with two attached hydrogens (primary N) is 1. The SMILES string of the molecule is Cc1cc([O-])n(-c2cccc(N)c2)n1.[Na+]. The Kier molecular flexibility index (Phi) is 3.79. The van der Waals surface area contributed by atoms with E-state index in [0.717, 1.165) is 0 Å². The van der Waals surface area contributed by atoms with E-state index in [1.807, 2.05) is 0 Å². The largest absolute Gasteiger partial charge is 1.00 e. The van der Waals surface area contributed by atoms with E-state index in [-0.39, 0.29) is 35.4 Å². The molecule has 4 nitrogen and oxygen atoms in total. The first-order valence-electron chi connectivity index (χ1n) is 4.26. The first-order chi connectivity index (χ1) is 6.66. The maximum Gasteiger partial charge on any atom is 1.00 e. The Morgan fingerprint density at radius 3 is 2.60 bits per heavy atom. The number of aromatic nitrogens is 2. The van der Waals surface area contributed by atoms with Crippen molar-refractivity contribution in [1.29, 1.82) is 0 Å². The van der Waals surface area contributed by atoms with Gasteiger partial charge in [0.2, 0.25) is 0 Å². The van der Waals surface area contributed by atoms with Gasteiger partial charge in [0.25, 0.3) is 0 Å². The number of aryl methyl sites for hydroxylation is 1. The fourth-order valence-electron chi connectivity index (χ4n) is 1.32. The molecule has 2 rings (SSSR count). The van der Waals surface area contributed by atoms with Crippen LogP contribution in [0.4, 0.5) is 5.69 Å². The summed E-state index contributed by atoms with van der Waals surface area (Å²) in [5, 5.41) is 15.5. The van der Waals surface area contributed by atoms with Crippen molar-refractivity contribution in [3.63, 3.8) is 0 Å². The molecule has 0 fully saturated rings. The van der Waals surface area contributed by atoms with Crippen molar-refractivity contribution in [2.24, 2.45) is 0 Å². The van der Waals surface area contributed by atoms with Gasteiger partial charge in [-0.2, -0.15) is 5.10 Å². The smallest absolute Gasteiger partial charge is 0.859 e. The summed E-state index contributed by atoms with van der Waals surface area (Å²) in [5.74, 6) is -0.131. The topological polar surface area (TPSA) is 66.9 Å². The van der Waals surface area contributed by atoms with E-state index in [9.17, 15) is 5.11 Å². The van der Waals surface area contributed by atoms with Gasteiger partial charge in [0.1, 0.15) is 0 Å². The number of rotatable bonds is 1. The van der Waals surface area contributed by atoms with Crippen LogP contribution in [0, 0.1) is 6.92 Å². The molecule has 0 amide bonds. The average Bonchev–Trinajstić information content (AvgIpc) is 2.45. The molecule has 0 unspecified atom stereocenters. The third-order valence-corrected chi connectivity index (χ3v) is 1.91. The van der Waals surface area contributed by atoms with Crippen LogP contribution in [-0.4, -0.2) is 9.78 Å². The molecule has 0 bridgehead atoms. The molecular weight excluding hydrogens is 201 g/mol. The van der Waals surface area contributed by atoms with Gasteiger partial charge in [-0.05, 0) is 37.1 Å². The van der Waals surface area contributed by atoms with Crippen LogP contribution in [0.1, 0.15) is 5.69 Å². The molecule has 2 N–H and O–H groups in total. The standard InChI is InChI=1S/C10H11N3O.Na/c1-7-5-10(14)13(12-7)9-4-2-3-8(11)6-9;/h2-6,14H,11H2,1H3;/q;+1/p-1. The monoisotopic (exact) mass is 211 g/mol. The molecule has 2 aromatic rings. The zero-order valence-electron chi connectivity index (χ0n) is 8.77. The molecule has 72 valence electrons. The summed E-state index contributed by atoms with van der Waals surface area (Å²) in [6.07, 6.45) is 0. The molecule has 1 aromatic carbocycles. The number of hydrogen-bond donors (Lipinski definition) is 1. The van der Waals surface area contributed by atoms with Crippen LogP contribution < -0.4 is 40.4 Å². The van der Waals surface area contributed by atoms with Gasteiger partial charge in [-0.1, -0.05) is 6.07 Å². The van der Waals surface area contributed by atoms with E-state index in [1.54, 1.807) is 31.2 Å². The maximum atomic E-state index is 11.4. The van der Waals surface area contributed by atoms with Crippen LogP contribution in [0.15, 0.2) is 30.3 Å². The summed E-state index contributed by atoms with van der Waals surface area (Å²) in [6, 6.07) is 8.56. The molecule has 15 heavy (non-hydrogen) atoms. The van der Waals surface area contributed by atoms with E-state index >= 15 is 0 Å². The summed E-state index contributed by atoms with van der Waals surface area (Å²) < 4.78 is 1.34. The van der Waals surface area contributed by atoms with E-state index < -0.39 is 0 Å². The van der Waals surface area contributed by atoms with Gasteiger partial charge in [0, 0.05) is 5.69 Å². The minimum Gasteiger partial charge on any atom is -0.859 e. The Labute approximate surface area is 110 Å². The van der Waals surface area contributed by atoms with Crippen molar-refractivity contribution >= 4 is 5.69 Å². The van der Waals surface area contributed by atoms with E-state index in [4.69, 9.17) is 5.73 Å². The number of hydrogen-bond acceptors (Lipinski definition) is 3. The van der Waals surface area contributed by atoms with Gasteiger partial charge < -0.3 is 10.8 Å². The second kappa shape index (κ2) is 4.70. The predicted molar refractivity (Wildman–Crippen MR) is 52.2 cm³/mol. The number of anilines is 1. The molecule has 0 spiro atoms. The summed E-state index contributed by atoms with van der Waals surface area (Å²) in [7, 11) is 0. The third-order valence-electron chi connectivity index (χ3n) is 1.91. The Balaban J connectivity index is 0.00000112. The predicted octanol–water partition coefficient (Wildman–Crippen LogP) is -2.16. The maximum absolute atomic E-state index is 11.4. The van der Waals surface area contributed by atoms with Crippen LogP contribution >= 0.6 is 0 Å². The fourth-order valence-corrected chi connectivity index (χ4v) is 1.32. The number of nitrogen functional groups attached to an aromatic ring is 1. The average molecular weight is 211 g/mol. The minimum absolute atomic E-state index is 0. The van der Waals surface area contributed by atoms with E-state index in [0.29, 0.717) is 17.1 Å². The second-order valence-electron chi connectivity index (χ2n) is 3.13. The Bertz CT molecular complexity index is 467. The Hall–Kier alpha value is -0.970. The quantitative estimate of drug-likeness (QED) is 0.431. The van der Waals surface area contributed by atoms with Crippen molar-refractivity contribution in [2.45, 2.75) is 6.92 Å². The van der Waals surface area contributed by atoms with Crippen LogP contribution in [0.2, 0.25) is 0 Å². The van der Waals surface area contributed by atoms with Crippen molar-refractivity contribution in [3.8, 4) is 11.6 Å². The minimum atomic E-state index is -0.131. The molecule has 0 atom stereocenters. The van der Waals surface area contributed by atoms with Gasteiger partial charge in [-0.15, -0.1) is 0 Å². The molecule has 0 aliphatic heterocycles. The van der Waals surface area contributed by atoms with Gasteiger partial charge in [0.15, 0.2) is 0 Å². The zero-order valence-corrected chi connectivity index (χ0v) is 10.8. The van der Waals surface area contributed by atoms with Gasteiger partial charge in [-0.25, -0.2) is 4.68 Å². The van der Waals surface area contributed by atoms with Crippen molar-refractivity contribution in [1.82, 2.24) is 9.78 Å². The molecule has 5 heteroatoms. The van der Waals surface area contributed by atoms with Crippen molar-refractivity contribution in [3.05, 3.63) is 36.0 Å². The Morgan fingerprint density at radius 1 is 1.33 bits per heavy atom. The molecule has 0 saturated carbocycles. The number of benzene rings is 1. The van der Waals surface area contributed by atoms with E-state index in [1.165, 1.54) is 10.7 Å². The zero-order chi connectivity index (χ0) is 10.1. The Morgan fingerprint density at radius 2 is 2.07 bits per heavy atom. The number of nitrogens with zero attached hydrogens (tertiary/aromatic N) is 2. The first-order valence-corrected chi connectivity index (χ1v) is 4.26. The molecule has 0 aliphatic carbocycles. The van der Waals surface area contributed by atoms with Crippen LogP contribution in [0.25, 0.3) is 5.69 Å². The van der Waals surface area contributed by atoms with Gasteiger partial charge >= 0.3 is 29.6 Å². The summed E-state index contributed by atoms with van der Waals surface area (Å²) in [5.41, 5.74) is 7.63. The van der Waals surface area contributed by atoms with E-state index in [2.05, 4.69) is 5.10 Å². The third kappa shape index (κ3) is 2.53. The van der Waals surface area contributed by atoms with Crippen LogP contribution in [0.5, 0.6) is 5.88 Å². The molecule has 1 heterocycles. The van der Waals surface area contributed by atoms with Gasteiger partial charge in [0.05, 0.1) is 11.4 Å². The van der Waals surface area contributed by atoms with Crippen LogP contribution in [0.3, 0.4) is 0 Å². The molecule has 1 aromatic heterocycles. The first kappa shape index (κ1) is 12.1. The normalized spacial score (nSPS) is 9.67. The molecule has 0 aliphatic rings. The molecule has 0 saturated heterocycles. The molecular formula is C10H10N3NaO.